The molecule has 228 valence electrons. The molecule has 5 N–H and O–H groups in total. The van der Waals surface area contributed by atoms with Crippen LogP contribution in [0.5, 0.6) is 5.75 Å². The number of rotatable bonds is 15. The number of methoxy groups -OCH3 is 1. The number of benzene rings is 2. The average Bonchev–Trinajstić information content (AvgIpc) is 2.95. The van der Waals surface area contributed by atoms with Gasteiger partial charge in [0.05, 0.1) is 24.2 Å². The third-order valence-electron chi connectivity index (χ3n) is 7.63. The lowest BCUT2D eigenvalue weighted by atomic mass is 9.64. The van der Waals surface area contributed by atoms with E-state index in [1.165, 1.54) is 12.2 Å². The van der Waals surface area contributed by atoms with Gasteiger partial charge < -0.3 is 30.9 Å². The standard InChI is InChI=1S/C32H41F2N3O5/c1-4-11-37(12-5-2)30(40)26-18-32(31(35)41,10-9-28(26)38)27(16-22-13-23(33)17-24(34)14-22)29(39)20-36-19-21-7-6-8-25(15-21)42-3/h6-10,13-15,17,27,29,36,38-39H,4-5,11-12,16,18-20H2,1-3H3,(H2,35,41)/t27-,29+,32?/m1/s1. The Morgan fingerprint density at radius 2 is 1.76 bits per heavy atom. The first-order chi connectivity index (χ1) is 20.0. The number of ether oxygens (including phenoxy) is 1. The van der Waals surface area contributed by atoms with E-state index in [1.54, 1.807) is 12.0 Å². The minimum Gasteiger partial charge on any atom is -0.507 e. The molecule has 0 fully saturated rings. The van der Waals surface area contributed by atoms with Gasteiger partial charge in [-0.3, -0.25) is 9.59 Å². The molecule has 0 saturated heterocycles. The third kappa shape index (κ3) is 7.95. The molecule has 3 atom stereocenters. The van der Waals surface area contributed by atoms with E-state index >= 15 is 0 Å². The Balaban J connectivity index is 1.97. The predicted octanol–water partition coefficient (Wildman–Crippen LogP) is 4.18. The number of carbonyl (C=O) groups is 2. The molecular formula is C32H41F2N3O5. The third-order valence-corrected chi connectivity index (χ3v) is 7.63. The summed E-state index contributed by atoms with van der Waals surface area (Å²) in [5, 5.41) is 25.4. The van der Waals surface area contributed by atoms with Crippen molar-refractivity contribution in [3.63, 3.8) is 0 Å². The van der Waals surface area contributed by atoms with Crippen LogP contribution >= 0.6 is 0 Å². The van der Waals surface area contributed by atoms with Crippen LogP contribution in [0.3, 0.4) is 0 Å². The number of primary amides is 1. The summed E-state index contributed by atoms with van der Waals surface area (Å²) in [6.07, 6.45) is 2.41. The lowest BCUT2D eigenvalue weighted by molar-refractivity contribution is -0.132. The lowest BCUT2D eigenvalue weighted by Gasteiger charge is -2.41. The average molecular weight is 586 g/mol. The Kier molecular flexibility index (Phi) is 11.6. The van der Waals surface area contributed by atoms with Gasteiger partial charge in [0, 0.05) is 38.2 Å². The molecule has 3 rings (SSSR count). The number of nitrogens with zero attached hydrogens (tertiary/aromatic N) is 1. The Bertz CT molecular complexity index is 1290. The molecule has 2 amide bonds. The van der Waals surface area contributed by atoms with Crippen LogP contribution in [0, 0.1) is 23.0 Å². The second-order valence-corrected chi connectivity index (χ2v) is 10.7. The van der Waals surface area contributed by atoms with E-state index < -0.39 is 40.9 Å². The second kappa shape index (κ2) is 14.9. The maximum Gasteiger partial charge on any atom is 0.253 e. The lowest BCUT2D eigenvalue weighted by Crippen LogP contribution is -2.51. The molecule has 1 aliphatic carbocycles. The second-order valence-electron chi connectivity index (χ2n) is 10.7. The maximum atomic E-state index is 14.2. The summed E-state index contributed by atoms with van der Waals surface area (Å²) in [5.74, 6) is -3.47. The summed E-state index contributed by atoms with van der Waals surface area (Å²) >= 11 is 0. The van der Waals surface area contributed by atoms with Crippen molar-refractivity contribution in [2.45, 2.75) is 52.2 Å². The molecule has 42 heavy (non-hydrogen) atoms. The molecule has 0 aromatic heterocycles. The molecule has 0 bridgehead atoms. The van der Waals surface area contributed by atoms with Crippen molar-refractivity contribution in [3.05, 3.63) is 88.7 Å². The van der Waals surface area contributed by atoms with E-state index in [4.69, 9.17) is 10.5 Å². The van der Waals surface area contributed by atoms with Gasteiger partial charge >= 0.3 is 0 Å². The van der Waals surface area contributed by atoms with Crippen LogP contribution in [0.25, 0.3) is 0 Å². The molecule has 0 heterocycles. The number of halogens is 2. The molecule has 0 radical (unpaired) electrons. The number of allylic oxidation sites excluding steroid dienone is 1. The van der Waals surface area contributed by atoms with Gasteiger partial charge in [0.2, 0.25) is 5.91 Å². The summed E-state index contributed by atoms with van der Waals surface area (Å²) in [4.78, 5) is 28.4. The molecule has 2 aromatic carbocycles. The van der Waals surface area contributed by atoms with Crippen LogP contribution in [0.4, 0.5) is 8.78 Å². The van der Waals surface area contributed by atoms with Crippen LogP contribution in [0.1, 0.15) is 44.2 Å². The molecule has 2 aromatic rings. The topological polar surface area (TPSA) is 125 Å². The zero-order chi connectivity index (χ0) is 30.9. The van der Waals surface area contributed by atoms with Gasteiger partial charge in [-0.1, -0.05) is 32.1 Å². The fraction of sp³-hybridized carbons (Fsp3) is 0.438. The van der Waals surface area contributed by atoms with Crippen molar-refractivity contribution in [1.29, 1.82) is 0 Å². The molecule has 10 heteroatoms. The number of carbonyl (C=O) groups excluding carboxylic acids is 2. The van der Waals surface area contributed by atoms with Crippen molar-refractivity contribution in [1.82, 2.24) is 10.2 Å². The molecule has 1 aliphatic rings. The van der Waals surface area contributed by atoms with Crippen molar-refractivity contribution < 1.29 is 33.3 Å². The van der Waals surface area contributed by atoms with Crippen molar-refractivity contribution in [3.8, 4) is 5.75 Å². The molecule has 0 saturated carbocycles. The number of amides is 2. The fourth-order valence-corrected chi connectivity index (χ4v) is 5.54. The minimum absolute atomic E-state index is 0.000680. The number of hydrogen-bond donors (Lipinski definition) is 4. The van der Waals surface area contributed by atoms with Crippen LogP contribution in [0.2, 0.25) is 0 Å². The SMILES string of the molecule is CCCN(CCC)C(=O)C1=C(O)C=CC(C(N)=O)([C@H](Cc2cc(F)cc(F)c2)[C@@H](O)CNCc2cccc(OC)c2)C1. The van der Waals surface area contributed by atoms with Gasteiger partial charge in [0.1, 0.15) is 23.1 Å². The monoisotopic (exact) mass is 585 g/mol. The van der Waals surface area contributed by atoms with Gasteiger partial charge in [0.15, 0.2) is 0 Å². The molecule has 0 spiro atoms. The van der Waals surface area contributed by atoms with Crippen molar-refractivity contribution in [2.75, 3.05) is 26.7 Å². The molecule has 0 aliphatic heterocycles. The van der Waals surface area contributed by atoms with Crippen LogP contribution < -0.4 is 15.8 Å². The number of hydrogen-bond acceptors (Lipinski definition) is 6. The van der Waals surface area contributed by atoms with E-state index in [-0.39, 0.29) is 36.3 Å². The van der Waals surface area contributed by atoms with Crippen molar-refractivity contribution >= 4 is 11.8 Å². The van der Waals surface area contributed by atoms with Gasteiger partial charge in [0.25, 0.3) is 5.91 Å². The van der Waals surface area contributed by atoms with E-state index in [9.17, 15) is 28.6 Å². The summed E-state index contributed by atoms with van der Waals surface area (Å²) in [6, 6.07) is 10.4. The Morgan fingerprint density at radius 1 is 1.10 bits per heavy atom. The highest BCUT2D eigenvalue weighted by Gasteiger charge is 2.49. The minimum atomic E-state index is -1.64. The van der Waals surface area contributed by atoms with Crippen LogP contribution in [-0.2, 0) is 22.6 Å². The maximum absolute atomic E-state index is 14.2. The first kappa shape index (κ1) is 32.8. The zero-order valence-electron chi connectivity index (χ0n) is 24.4. The van der Waals surface area contributed by atoms with E-state index in [2.05, 4.69) is 5.32 Å². The Morgan fingerprint density at radius 3 is 2.36 bits per heavy atom. The normalized spacial score (nSPS) is 18.0. The number of aliphatic hydroxyl groups excluding tert-OH is 2. The van der Waals surface area contributed by atoms with Gasteiger partial charge in [-0.25, -0.2) is 8.78 Å². The van der Waals surface area contributed by atoms with E-state index in [0.29, 0.717) is 38.2 Å². The van der Waals surface area contributed by atoms with Crippen molar-refractivity contribution in [2.24, 2.45) is 17.1 Å². The largest absolute Gasteiger partial charge is 0.507 e. The van der Waals surface area contributed by atoms with E-state index in [1.807, 2.05) is 38.1 Å². The van der Waals surface area contributed by atoms with Crippen LogP contribution in [0.15, 0.2) is 65.9 Å². The highest BCUT2D eigenvalue weighted by Crippen LogP contribution is 2.44. The summed E-state index contributed by atoms with van der Waals surface area (Å²) in [6.45, 7) is 5.14. The molecular weight excluding hydrogens is 544 g/mol. The van der Waals surface area contributed by atoms with Crippen LogP contribution in [-0.4, -0.2) is 59.8 Å². The number of aliphatic hydroxyl groups is 2. The molecule has 1 unspecified atom stereocenters. The quantitative estimate of drug-likeness (QED) is 0.249. The Hall–Kier alpha value is -3.76. The summed E-state index contributed by atoms with van der Waals surface area (Å²) < 4.78 is 33.6. The van der Waals surface area contributed by atoms with Gasteiger partial charge in [-0.2, -0.15) is 0 Å². The van der Waals surface area contributed by atoms with E-state index in [0.717, 1.165) is 23.8 Å². The first-order valence-electron chi connectivity index (χ1n) is 14.2. The zero-order valence-corrected chi connectivity index (χ0v) is 24.4. The smallest absolute Gasteiger partial charge is 0.253 e. The summed E-state index contributed by atoms with van der Waals surface area (Å²) in [5.41, 5.74) is 5.46. The molecule has 8 nitrogen and oxygen atoms in total. The summed E-state index contributed by atoms with van der Waals surface area (Å²) in [7, 11) is 1.56. The van der Waals surface area contributed by atoms with Gasteiger partial charge in [-0.05, 0) is 67.2 Å². The Labute approximate surface area is 245 Å². The highest BCUT2D eigenvalue weighted by molar-refractivity contribution is 5.97. The predicted molar refractivity (Wildman–Crippen MR) is 156 cm³/mol. The highest BCUT2D eigenvalue weighted by atomic mass is 19.1. The first-order valence-corrected chi connectivity index (χ1v) is 14.2. The number of nitrogens with one attached hydrogen (secondary N) is 1. The fourth-order valence-electron chi connectivity index (χ4n) is 5.54. The van der Waals surface area contributed by atoms with Gasteiger partial charge in [-0.15, -0.1) is 0 Å². The number of nitrogens with two attached hydrogens (primary N) is 1.